The maximum atomic E-state index is 13.2. The highest BCUT2D eigenvalue weighted by atomic mass is 35.5. The maximum absolute atomic E-state index is 13.2. The van der Waals surface area contributed by atoms with E-state index in [1.165, 1.54) is 24.3 Å². The zero-order valence-electron chi connectivity index (χ0n) is 13.1. The summed E-state index contributed by atoms with van der Waals surface area (Å²) in [4.78, 5) is 12.3. The molecule has 1 aliphatic rings. The molecule has 1 amide bonds. The summed E-state index contributed by atoms with van der Waals surface area (Å²) in [6.45, 7) is 0. The van der Waals surface area contributed by atoms with Crippen molar-refractivity contribution in [1.82, 2.24) is 5.32 Å². The number of hydrogen-bond donors (Lipinski definition) is 1. The van der Waals surface area contributed by atoms with E-state index in [2.05, 4.69) is 5.32 Å². The molecule has 2 aromatic rings. The number of rotatable bonds is 3. The fraction of sp³-hybridized carbons (Fsp3) is 0.312. The average molecular weight is 408 g/mol. The second-order valence-corrected chi connectivity index (χ2v) is 8.60. The molecule has 5 nitrogen and oxygen atoms in total. The SMILES string of the molecule is O=C(N[C@@H]1CCS(=O)(=O)C1)c1cc(-c2ccc(Cl)cc2)oc1C(F)(F)F. The van der Waals surface area contributed by atoms with E-state index in [4.69, 9.17) is 16.0 Å². The lowest BCUT2D eigenvalue weighted by molar-refractivity contribution is -0.153. The van der Waals surface area contributed by atoms with E-state index < -0.39 is 39.3 Å². The van der Waals surface area contributed by atoms with Crippen molar-refractivity contribution >= 4 is 27.3 Å². The monoisotopic (exact) mass is 407 g/mol. The van der Waals surface area contributed by atoms with Gasteiger partial charge in [0.25, 0.3) is 5.91 Å². The van der Waals surface area contributed by atoms with Crippen LogP contribution in [0.25, 0.3) is 11.3 Å². The highest BCUT2D eigenvalue weighted by molar-refractivity contribution is 7.91. The molecule has 1 aliphatic heterocycles. The first-order valence-corrected chi connectivity index (χ1v) is 9.73. The van der Waals surface area contributed by atoms with Crippen LogP contribution in [-0.2, 0) is 16.0 Å². The summed E-state index contributed by atoms with van der Waals surface area (Å²) in [5.41, 5.74) is -0.367. The van der Waals surface area contributed by atoms with Gasteiger partial charge in [0, 0.05) is 16.6 Å². The van der Waals surface area contributed by atoms with Crippen LogP contribution in [0.4, 0.5) is 13.2 Å². The Hall–Kier alpha value is -2.00. The molecule has 1 fully saturated rings. The molecule has 26 heavy (non-hydrogen) atoms. The van der Waals surface area contributed by atoms with Crippen molar-refractivity contribution in [2.24, 2.45) is 0 Å². The van der Waals surface area contributed by atoms with Gasteiger partial charge >= 0.3 is 6.18 Å². The van der Waals surface area contributed by atoms with Crippen molar-refractivity contribution < 1.29 is 30.8 Å². The van der Waals surface area contributed by atoms with E-state index in [1.54, 1.807) is 0 Å². The van der Waals surface area contributed by atoms with Gasteiger partial charge in [-0.05, 0) is 36.8 Å². The van der Waals surface area contributed by atoms with Crippen molar-refractivity contribution in [1.29, 1.82) is 0 Å². The lowest BCUT2D eigenvalue weighted by Crippen LogP contribution is -2.36. The molecule has 0 radical (unpaired) electrons. The number of sulfone groups is 1. The maximum Gasteiger partial charge on any atom is 0.450 e. The minimum absolute atomic E-state index is 0.106. The zero-order chi connectivity index (χ0) is 19.1. The van der Waals surface area contributed by atoms with Crippen LogP contribution >= 0.6 is 11.6 Å². The Labute approximate surface area is 152 Å². The van der Waals surface area contributed by atoms with Crippen LogP contribution in [0.3, 0.4) is 0 Å². The fourth-order valence-electron chi connectivity index (χ4n) is 2.70. The highest BCUT2D eigenvalue weighted by Gasteiger charge is 2.41. The molecule has 0 aliphatic carbocycles. The van der Waals surface area contributed by atoms with Gasteiger partial charge in [0.1, 0.15) is 5.76 Å². The molecule has 10 heteroatoms. The summed E-state index contributed by atoms with van der Waals surface area (Å²) in [6, 6.07) is 6.16. The fourth-order valence-corrected chi connectivity index (χ4v) is 4.50. The molecule has 3 rings (SSSR count). The van der Waals surface area contributed by atoms with Crippen molar-refractivity contribution in [3.05, 3.63) is 46.7 Å². The van der Waals surface area contributed by atoms with Gasteiger partial charge in [-0.2, -0.15) is 13.2 Å². The van der Waals surface area contributed by atoms with Gasteiger partial charge in [0.05, 0.1) is 17.1 Å². The van der Waals surface area contributed by atoms with Crippen molar-refractivity contribution in [2.75, 3.05) is 11.5 Å². The Morgan fingerprint density at radius 1 is 1.23 bits per heavy atom. The van der Waals surface area contributed by atoms with Crippen LogP contribution in [0.1, 0.15) is 22.5 Å². The third-order valence-corrected chi connectivity index (χ3v) is 5.95. The van der Waals surface area contributed by atoms with Gasteiger partial charge in [0.2, 0.25) is 5.76 Å². The Bertz CT molecular complexity index is 935. The first kappa shape index (κ1) is 18.8. The Morgan fingerprint density at radius 3 is 2.42 bits per heavy atom. The Kier molecular flexibility index (Phi) is 4.78. The molecule has 140 valence electrons. The van der Waals surface area contributed by atoms with Gasteiger partial charge in [-0.1, -0.05) is 11.6 Å². The minimum Gasteiger partial charge on any atom is -0.451 e. The Morgan fingerprint density at radius 2 is 1.88 bits per heavy atom. The minimum atomic E-state index is -4.88. The van der Waals surface area contributed by atoms with Crippen LogP contribution < -0.4 is 5.32 Å². The van der Waals surface area contributed by atoms with E-state index in [-0.39, 0.29) is 23.7 Å². The molecule has 1 saturated heterocycles. The van der Waals surface area contributed by atoms with E-state index in [9.17, 15) is 26.4 Å². The number of carbonyl (C=O) groups excluding carboxylic acids is 1. The Balaban J connectivity index is 1.92. The number of nitrogens with one attached hydrogen (secondary N) is 1. The molecular weight excluding hydrogens is 395 g/mol. The normalized spacial score (nSPS) is 19.5. The molecule has 0 saturated carbocycles. The van der Waals surface area contributed by atoms with Crippen LogP contribution in [0.15, 0.2) is 34.7 Å². The molecular formula is C16H13ClF3NO4S. The van der Waals surface area contributed by atoms with Crippen molar-refractivity contribution in [3.8, 4) is 11.3 Å². The lowest BCUT2D eigenvalue weighted by Gasteiger charge is -2.11. The molecule has 2 heterocycles. The number of halogens is 4. The number of carbonyl (C=O) groups is 1. The molecule has 0 unspecified atom stereocenters. The van der Waals surface area contributed by atoms with Gasteiger partial charge in [-0.15, -0.1) is 0 Å². The molecule has 1 aromatic carbocycles. The summed E-state index contributed by atoms with van der Waals surface area (Å²) in [7, 11) is -3.28. The summed E-state index contributed by atoms with van der Waals surface area (Å²) in [5, 5.41) is 2.74. The third kappa shape index (κ3) is 4.04. The summed E-state index contributed by atoms with van der Waals surface area (Å²) in [5.74, 6) is -2.99. The predicted octanol–water partition coefficient (Wildman–Crippen LogP) is 3.54. The topological polar surface area (TPSA) is 76.4 Å². The number of hydrogen-bond acceptors (Lipinski definition) is 4. The number of amides is 1. The summed E-state index contributed by atoms with van der Waals surface area (Å²) in [6.07, 6.45) is -4.71. The van der Waals surface area contributed by atoms with Crippen LogP contribution in [-0.4, -0.2) is 31.9 Å². The molecule has 1 aromatic heterocycles. The number of furan rings is 1. The second-order valence-electron chi connectivity index (χ2n) is 5.93. The predicted molar refractivity (Wildman–Crippen MR) is 88.7 cm³/mol. The van der Waals surface area contributed by atoms with Crippen LogP contribution in [0.2, 0.25) is 5.02 Å². The van der Waals surface area contributed by atoms with Crippen LogP contribution in [0.5, 0.6) is 0 Å². The molecule has 0 spiro atoms. The first-order chi connectivity index (χ1) is 12.0. The molecule has 1 atom stereocenters. The lowest BCUT2D eigenvalue weighted by atomic mass is 10.1. The highest BCUT2D eigenvalue weighted by Crippen LogP contribution is 2.37. The van der Waals surface area contributed by atoms with Gasteiger partial charge in [0.15, 0.2) is 9.84 Å². The standard InChI is InChI=1S/C16H13ClF3NO4S/c17-10-3-1-9(2-4-10)13-7-12(14(25-13)16(18,19)20)15(22)21-11-5-6-26(23,24)8-11/h1-4,7,11H,5-6,8H2,(H,21,22)/t11-/m1/s1. The van der Waals surface area contributed by atoms with E-state index in [1.807, 2.05) is 0 Å². The van der Waals surface area contributed by atoms with E-state index >= 15 is 0 Å². The smallest absolute Gasteiger partial charge is 0.450 e. The largest absolute Gasteiger partial charge is 0.451 e. The van der Waals surface area contributed by atoms with Gasteiger partial charge < -0.3 is 9.73 Å². The van der Waals surface area contributed by atoms with E-state index in [0.29, 0.717) is 10.6 Å². The van der Waals surface area contributed by atoms with Crippen molar-refractivity contribution in [2.45, 2.75) is 18.6 Å². The van der Waals surface area contributed by atoms with E-state index in [0.717, 1.165) is 6.07 Å². The second kappa shape index (κ2) is 6.62. The average Bonchev–Trinajstić information content (AvgIpc) is 3.11. The summed E-state index contributed by atoms with van der Waals surface area (Å²) < 4.78 is 67.5. The first-order valence-electron chi connectivity index (χ1n) is 7.53. The molecule has 0 bridgehead atoms. The van der Waals surface area contributed by atoms with Crippen LogP contribution in [0, 0.1) is 0 Å². The van der Waals surface area contributed by atoms with Crippen molar-refractivity contribution in [3.63, 3.8) is 0 Å². The summed E-state index contributed by atoms with van der Waals surface area (Å²) >= 11 is 5.75. The third-order valence-electron chi connectivity index (χ3n) is 3.93. The quantitative estimate of drug-likeness (QED) is 0.844. The zero-order valence-corrected chi connectivity index (χ0v) is 14.7. The van der Waals surface area contributed by atoms with Gasteiger partial charge in [-0.3, -0.25) is 4.79 Å². The van der Waals surface area contributed by atoms with Gasteiger partial charge in [-0.25, -0.2) is 8.42 Å². The number of benzene rings is 1. The number of alkyl halides is 3. The molecule has 1 N–H and O–H groups in total.